The van der Waals surface area contributed by atoms with Gasteiger partial charge in [0.1, 0.15) is 11.9 Å². The molecule has 0 atom stereocenters. The summed E-state index contributed by atoms with van der Waals surface area (Å²) in [6, 6.07) is 1.86. The average Bonchev–Trinajstić information content (AvgIpc) is 2.36. The topological polar surface area (TPSA) is 67.3 Å². The maximum atomic E-state index is 12.3. The molecule has 0 aromatic carbocycles. The molecule has 0 bridgehead atoms. The lowest BCUT2D eigenvalue weighted by atomic mass is 10.1. The molecule has 0 spiro atoms. The van der Waals surface area contributed by atoms with Crippen LogP contribution in [0.5, 0.6) is 0 Å². The van der Waals surface area contributed by atoms with Crippen LogP contribution >= 0.6 is 0 Å². The largest absolute Gasteiger partial charge is 0.444 e. The summed E-state index contributed by atoms with van der Waals surface area (Å²) in [7, 11) is 0. The van der Waals surface area contributed by atoms with Crippen molar-refractivity contribution in [1.82, 2.24) is 20.2 Å². The molecule has 0 aliphatic heterocycles. The van der Waals surface area contributed by atoms with Gasteiger partial charge >= 0.3 is 6.09 Å². The molecule has 0 unspecified atom stereocenters. The van der Waals surface area contributed by atoms with Crippen LogP contribution in [0.15, 0.2) is 18.6 Å². The Hall–Kier alpha value is -1.69. The van der Waals surface area contributed by atoms with E-state index in [1.54, 1.807) is 11.1 Å². The van der Waals surface area contributed by atoms with Gasteiger partial charge < -0.3 is 15.0 Å². The average molecular weight is 308 g/mol. The van der Waals surface area contributed by atoms with Gasteiger partial charge in [0, 0.05) is 31.4 Å². The second kappa shape index (κ2) is 7.54. The highest BCUT2D eigenvalue weighted by Gasteiger charge is 2.30. The molecule has 1 amide bonds. The zero-order chi connectivity index (χ0) is 16.8. The molecule has 1 aromatic heterocycles. The number of ether oxygens (including phenoxy) is 1. The lowest BCUT2D eigenvalue weighted by Crippen LogP contribution is -2.50. The predicted molar refractivity (Wildman–Crippen MR) is 86.4 cm³/mol. The monoisotopic (exact) mass is 308 g/mol. The number of carbonyl (C=O) groups excluding carboxylic acids is 1. The minimum absolute atomic E-state index is 0.288. The maximum Gasteiger partial charge on any atom is 0.410 e. The van der Waals surface area contributed by atoms with Crippen molar-refractivity contribution in [3.8, 4) is 0 Å². The second-order valence-corrected chi connectivity index (χ2v) is 7.18. The Morgan fingerprint density at radius 1 is 1.27 bits per heavy atom. The maximum absolute atomic E-state index is 12.3. The van der Waals surface area contributed by atoms with E-state index < -0.39 is 5.60 Å². The Balaban J connectivity index is 2.50. The first-order valence-corrected chi connectivity index (χ1v) is 7.56. The standard InChI is InChI=1S/C16H28N4O2/c1-15(2,3)20(14(21)22-16(4,5)6)10-9-17-11-13-7-8-18-12-19-13/h7-8,12,17H,9-11H2,1-6H3. The van der Waals surface area contributed by atoms with Crippen LogP contribution < -0.4 is 5.32 Å². The Morgan fingerprint density at radius 2 is 1.95 bits per heavy atom. The molecule has 1 N–H and O–H groups in total. The zero-order valence-corrected chi connectivity index (χ0v) is 14.5. The molecule has 0 saturated heterocycles. The summed E-state index contributed by atoms with van der Waals surface area (Å²) in [4.78, 5) is 22.1. The summed E-state index contributed by atoms with van der Waals surface area (Å²) in [5.74, 6) is 0. The lowest BCUT2D eigenvalue weighted by molar-refractivity contribution is 0.00663. The van der Waals surface area contributed by atoms with Gasteiger partial charge in [-0.1, -0.05) is 0 Å². The van der Waals surface area contributed by atoms with Gasteiger partial charge in [-0.25, -0.2) is 14.8 Å². The number of hydrogen-bond acceptors (Lipinski definition) is 5. The third-order valence-electron chi connectivity index (χ3n) is 2.89. The first kappa shape index (κ1) is 18.4. The molecule has 0 fully saturated rings. The molecular formula is C16H28N4O2. The van der Waals surface area contributed by atoms with Crippen LogP contribution in [-0.2, 0) is 11.3 Å². The summed E-state index contributed by atoms with van der Waals surface area (Å²) in [6.07, 6.45) is 2.95. The Morgan fingerprint density at radius 3 is 2.45 bits per heavy atom. The summed E-state index contributed by atoms with van der Waals surface area (Å²) in [6.45, 7) is 13.5. The molecule has 6 heteroatoms. The first-order valence-electron chi connectivity index (χ1n) is 7.56. The van der Waals surface area contributed by atoms with Crippen molar-refractivity contribution in [2.75, 3.05) is 13.1 Å². The molecule has 1 rings (SSSR count). The molecule has 0 radical (unpaired) electrons. The highest BCUT2D eigenvalue weighted by molar-refractivity contribution is 5.69. The molecule has 124 valence electrons. The predicted octanol–water partition coefficient (Wildman–Crippen LogP) is 2.60. The third-order valence-corrected chi connectivity index (χ3v) is 2.89. The molecule has 22 heavy (non-hydrogen) atoms. The van der Waals surface area contributed by atoms with Crippen molar-refractivity contribution >= 4 is 6.09 Å². The number of nitrogens with one attached hydrogen (secondary N) is 1. The van der Waals surface area contributed by atoms with Crippen molar-refractivity contribution in [2.45, 2.75) is 59.2 Å². The number of rotatable bonds is 5. The fraction of sp³-hybridized carbons (Fsp3) is 0.688. The number of hydrogen-bond donors (Lipinski definition) is 1. The van der Waals surface area contributed by atoms with E-state index >= 15 is 0 Å². The SMILES string of the molecule is CC(C)(C)OC(=O)N(CCNCc1ccncn1)C(C)(C)C. The van der Waals surface area contributed by atoms with Gasteiger partial charge in [0.25, 0.3) is 0 Å². The van der Waals surface area contributed by atoms with Crippen LogP contribution in [0.2, 0.25) is 0 Å². The summed E-state index contributed by atoms with van der Waals surface area (Å²) < 4.78 is 5.48. The molecule has 1 aromatic rings. The van der Waals surface area contributed by atoms with E-state index in [2.05, 4.69) is 15.3 Å². The van der Waals surface area contributed by atoms with E-state index in [1.165, 1.54) is 6.33 Å². The number of amides is 1. The van der Waals surface area contributed by atoms with Crippen LogP contribution in [0.4, 0.5) is 4.79 Å². The zero-order valence-electron chi connectivity index (χ0n) is 14.5. The summed E-state index contributed by atoms with van der Waals surface area (Å²) in [5, 5.41) is 3.28. The van der Waals surface area contributed by atoms with Gasteiger partial charge in [0.2, 0.25) is 0 Å². The van der Waals surface area contributed by atoms with E-state index in [4.69, 9.17) is 4.74 Å². The van der Waals surface area contributed by atoms with Crippen LogP contribution in [0.1, 0.15) is 47.2 Å². The number of nitrogens with zero attached hydrogens (tertiary/aromatic N) is 3. The molecule has 0 aliphatic carbocycles. The third kappa shape index (κ3) is 6.85. The van der Waals surface area contributed by atoms with Crippen LogP contribution in [0, 0.1) is 0 Å². The van der Waals surface area contributed by atoms with Crippen LogP contribution in [-0.4, -0.2) is 45.2 Å². The molecule has 0 saturated carbocycles. The van der Waals surface area contributed by atoms with Gasteiger partial charge in [-0.15, -0.1) is 0 Å². The summed E-state index contributed by atoms with van der Waals surface area (Å²) in [5.41, 5.74) is 0.142. The molecule has 1 heterocycles. The lowest BCUT2D eigenvalue weighted by Gasteiger charge is -2.36. The van der Waals surface area contributed by atoms with E-state index in [9.17, 15) is 4.79 Å². The van der Waals surface area contributed by atoms with Gasteiger partial charge in [-0.3, -0.25) is 0 Å². The van der Waals surface area contributed by atoms with Crippen molar-refractivity contribution in [1.29, 1.82) is 0 Å². The Kier molecular flexibility index (Phi) is 6.29. The van der Waals surface area contributed by atoms with Gasteiger partial charge in [0.05, 0.1) is 5.69 Å². The highest BCUT2D eigenvalue weighted by atomic mass is 16.6. The van der Waals surface area contributed by atoms with E-state index in [1.807, 2.05) is 47.6 Å². The Bertz CT molecular complexity index is 463. The minimum Gasteiger partial charge on any atom is -0.444 e. The van der Waals surface area contributed by atoms with Crippen LogP contribution in [0.25, 0.3) is 0 Å². The fourth-order valence-electron chi connectivity index (χ4n) is 1.85. The smallest absolute Gasteiger partial charge is 0.410 e. The number of aromatic nitrogens is 2. The Labute approximate surface area is 133 Å². The van der Waals surface area contributed by atoms with Gasteiger partial charge in [0.15, 0.2) is 0 Å². The molecule has 0 aliphatic rings. The van der Waals surface area contributed by atoms with E-state index in [0.717, 1.165) is 5.69 Å². The van der Waals surface area contributed by atoms with Crippen molar-refractivity contribution in [3.63, 3.8) is 0 Å². The first-order chi connectivity index (χ1) is 10.1. The molecule has 6 nitrogen and oxygen atoms in total. The fourth-order valence-corrected chi connectivity index (χ4v) is 1.85. The minimum atomic E-state index is -0.491. The number of carbonyl (C=O) groups is 1. The van der Waals surface area contributed by atoms with Gasteiger partial charge in [-0.2, -0.15) is 0 Å². The normalized spacial score (nSPS) is 12.1. The molecular weight excluding hydrogens is 280 g/mol. The van der Waals surface area contributed by atoms with Gasteiger partial charge in [-0.05, 0) is 47.6 Å². The van der Waals surface area contributed by atoms with E-state index in [0.29, 0.717) is 19.6 Å². The van der Waals surface area contributed by atoms with Crippen molar-refractivity contribution in [2.24, 2.45) is 0 Å². The van der Waals surface area contributed by atoms with E-state index in [-0.39, 0.29) is 11.6 Å². The summed E-state index contributed by atoms with van der Waals surface area (Å²) >= 11 is 0. The van der Waals surface area contributed by atoms with Crippen LogP contribution in [0.3, 0.4) is 0 Å². The quantitative estimate of drug-likeness (QED) is 0.847. The highest BCUT2D eigenvalue weighted by Crippen LogP contribution is 2.17. The van der Waals surface area contributed by atoms with Crippen molar-refractivity contribution in [3.05, 3.63) is 24.3 Å². The van der Waals surface area contributed by atoms with Crippen molar-refractivity contribution < 1.29 is 9.53 Å². The second-order valence-electron chi connectivity index (χ2n) is 7.18.